The monoisotopic (exact) mass is 236 g/mol. The molecule has 0 spiro atoms. The van der Waals surface area contributed by atoms with Gasteiger partial charge in [0.25, 0.3) is 0 Å². The first-order valence-electron chi connectivity index (χ1n) is 5.55. The molecule has 0 bridgehead atoms. The van der Waals surface area contributed by atoms with E-state index in [0.717, 1.165) is 0 Å². The summed E-state index contributed by atoms with van der Waals surface area (Å²) in [6, 6.07) is 3.25. The topological polar surface area (TPSA) is 60.5 Å². The van der Waals surface area contributed by atoms with Crippen molar-refractivity contribution in [1.29, 1.82) is 0 Å². The van der Waals surface area contributed by atoms with Crippen LogP contribution in [0.25, 0.3) is 0 Å². The lowest BCUT2D eigenvalue weighted by Gasteiger charge is -2.11. The predicted molar refractivity (Wildman–Crippen MR) is 62.3 cm³/mol. The van der Waals surface area contributed by atoms with E-state index < -0.39 is 0 Å². The highest BCUT2D eigenvalue weighted by Gasteiger charge is 2.31. The number of pyridine rings is 1. The van der Waals surface area contributed by atoms with Crippen LogP contribution in [0, 0.1) is 0 Å². The molecule has 2 heterocycles. The van der Waals surface area contributed by atoms with E-state index in [2.05, 4.69) is 10.3 Å². The van der Waals surface area contributed by atoms with Gasteiger partial charge in [0.1, 0.15) is 11.4 Å². The second-order valence-corrected chi connectivity index (χ2v) is 3.97. The lowest BCUT2D eigenvalue weighted by molar-refractivity contribution is 0.0911. The molecule has 1 aromatic heterocycles. The summed E-state index contributed by atoms with van der Waals surface area (Å²) < 4.78 is 10.4. The molecule has 0 saturated carbocycles. The maximum Gasteiger partial charge on any atom is 0.201 e. The Bertz CT molecular complexity index is 408. The minimum atomic E-state index is -0.233. The van der Waals surface area contributed by atoms with Crippen molar-refractivity contribution >= 4 is 5.78 Å². The van der Waals surface area contributed by atoms with Crippen LogP contribution in [-0.2, 0) is 4.74 Å². The second-order valence-electron chi connectivity index (χ2n) is 3.97. The average molecular weight is 236 g/mol. The summed E-state index contributed by atoms with van der Waals surface area (Å²) in [6.07, 6.45) is 2.37. The van der Waals surface area contributed by atoms with Gasteiger partial charge < -0.3 is 14.8 Å². The molecule has 2 rings (SSSR count). The summed E-state index contributed by atoms with van der Waals surface area (Å²) in [5, 5.41) is 3.14. The fourth-order valence-electron chi connectivity index (χ4n) is 1.99. The molecule has 92 valence electrons. The number of hydrogen-bond acceptors (Lipinski definition) is 5. The zero-order chi connectivity index (χ0) is 12.3. The molecule has 0 aliphatic carbocycles. The number of hydrogen-bond donors (Lipinski definition) is 1. The summed E-state index contributed by atoms with van der Waals surface area (Å²) in [4.78, 5) is 16.3. The van der Waals surface area contributed by atoms with Crippen molar-refractivity contribution in [2.24, 2.45) is 0 Å². The number of carbonyl (C=O) groups excluding carboxylic acids is 1. The van der Waals surface area contributed by atoms with Crippen LogP contribution in [0.2, 0.25) is 0 Å². The average Bonchev–Trinajstić information content (AvgIpc) is 2.86. The highest BCUT2D eigenvalue weighted by molar-refractivity contribution is 6.00. The largest absolute Gasteiger partial charge is 0.494 e. The quantitative estimate of drug-likeness (QED) is 0.778. The first kappa shape index (κ1) is 12.0. The number of rotatable bonds is 4. The Kier molecular flexibility index (Phi) is 3.71. The molecule has 0 aromatic carbocycles. The Labute approximate surface area is 100 Å². The van der Waals surface area contributed by atoms with Crippen LogP contribution < -0.4 is 10.1 Å². The number of methoxy groups -OCH3 is 2. The molecule has 1 fully saturated rings. The Balaban J connectivity index is 2.15. The molecule has 0 amide bonds. The van der Waals surface area contributed by atoms with Crippen molar-refractivity contribution in [3.63, 3.8) is 0 Å². The standard InChI is InChI=1S/C12H16N2O3/c1-16-8-6-9(14-7-8)12(15)11-10(17-2)4-3-5-13-11/h3-5,8-9,14H,6-7H2,1-2H3. The van der Waals surface area contributed by atoms with Crippen molar-refractivity contribution < 1.29 is 14.3 Å². The zero-order valence-electron chi connectivity index (χ0n) is 9.97. The van der Waals surface area contributed by atoms with E-state index in [-0.39, 0.29) is 17.9 Å². The smallest absolute Gasteiger partial charge is 0.201 e. The summed E-state index contributed by atoms with van der Waals surface area (Å²) in [5.41, 5.74) is 0.379. The zero-order valence-corrected chi connectivity index (χ0v) is 9.97. The Morgan fingerprint density at radius 3 is 3.00 bits per heavy atom. The molecule has 17 heavy (non-hydrogen) atoms. The molecular weight excluding hydrogens is 220 g/mol. The van der Waals surface area contributed by atoms with Gasteiger partial charge in [-0.1, -0.05) is 0 Å². The van der Waals surface area contributed by atoms with Gasteiger partial charge in [-0.05, 0) is 18.6 Å². The van der Waals surface area contributed by atoms with Crippen molar-refractivity contribution in [2.45, 2.75) is 18.6 Å². The maximum atomic E-state index is 12.2. The van der Waals surface area contributed by atoms with Gasteiger partial charge in [-0.2, -0.15) is 0 Å². The van der Waals surface area contributed by atoms with Gasteiger partial charge in [0.05, 0.1) is 19.3 Å². The number of nitrogens with one attached hydrogen (secondary N) is 1. The third-order valence-corrected chi connectivity index (χ3v) is 2.96. The van der Waals surface area contributed by atoms with Crippen LogP contribution in [0.3, 0.4) is 0 Å². The number of aromatic nitrogens is 1. The third kappa shape index (κ3) is 2.45. The van der Waals surface area contributed by atoms with Gasteiger partial charge in [-0.15, -0.1) is 0 Å². The fourth-order valence-corrected chi connectivity index (χ4v) is 1.99. The Hall–Kier alpha value is -1.46. The minimum Gasteiger partial charge on any atom is -0.494 e. The van der Waals surface area contributed by atoms with E-state index in [9.17, 15) is 4.79 Å². The fraction of sp³-hybridized carbons (Fsp3) is 0.500. The molecule has 2 unspecified atom stereocenters. The van der Waals surface area contributed by atoms with Gasteiger partial charge in [0, 0.05) is 19.9 Å². The van der Waals surface area contributed by atoms with Crippen LogP contribution in [0.1, 0.15) is 16.9 Å². The lowest BCUT2D eigenvalue weighted by Crippen LogP contribution is -2.31. The van der Waals surface area contributed by atoms with E-state index in [1.165, 1.54) is 7.11 Å². The summed E-state index contributed by atoms with van der Waals surface area (Å²) in [5.74, 6) is 0.474. The van der Waals surface area contributed by atoms with E-state index in [1.807, 2.05) is 0 Å². The van der Waals surface area contributed by atoms with Gasteiger partial charge in [-0.3, -0.25) is 4.79 Å². The number of nitrogens with zero attached hydrogens (tertiary/aromatic N) is 1. The number of ketones is 1. The normalized spacial score (nSPS) is 23.6. The SMILES string of the molecule is COc1cccnc1C(=O)C1CC(OC)CN1. The minimum absolute atomic E-state index is 0.0398. The highest BCUT2D eigenvalue weighted by atomic mass is 16.5. The van der Waals surface area contributed by atoms with E-state index >= 15 is 0 Å². The Morgan fingerprint density at radius 2 is 2.35 bits per heavy atom. The van der Waals surface area contributed by atoms with Crippen molar-refractivity contribution in [3.05, 3.63) is 24.0 Å². The van der Waals surface area contributed by atoms with Crippen LogP contribution in [0.5, 0.6) is 5.75 Å². The van der Waals surface area contributed by atoms with Gasteiger partial charge in [-0.25, -0.2) is 4.98 Å². The molecule has 2 atom stereocenters. The molecule has 1 N–H and O–H groups in total. The molecule has 1 aromatic rings. The van der Waals surface area contributed by atoms with Crippen LogP contribution in [-0.4, -0.2) is 43.7 Å². The van der Waals surface area contributed by atoms with E-state index in [1.54, 1.807) is 25.4 Å². The van der Waals surface area contributed by atoms with Gasteiger partial charge in [0.2, 0.25) is 5.78 Å². The van der Waals surface area contributed by atoms with E-state index in [0.29, 0.717) is 24.4 Å². The Morgan fingerprint density at radius 1 is 1.53 bits per heavy atom. The lowest BCUT2D eigenvalue weighted by atomic mass is 10.1. The van der Waals surface area contributed by atoms with E-state index in [4.69, 9.17) is 9.47 Å². The number of ether oxygens (including phenoxy) is 2. The molecule has 5 heteroatoms. The first-order chi connectivity index (χ1) is 8.26. The van der Waals surface area contributed by atoms with Gasteiger partial charge >= 0.3 is 0 Å². The molecular formula is C12H16N2O3. The summed E-state index contributed by atoms with van der Waals surface area (Å²) >= 11 is 0. The molecule has 0 radical (unpaired) electrons. The number of carbonyl (C=O) groups is 1. The number of Topliss-reactive ketones (excluding diaryl/α,β-unsaturated/α-hetero) is 1. The maximum absolute atomic E-state index is 12.2. The molecule has 1 aliphatic heterocycles. The summed E-state index contributed by atoms with van der Waals surface area (Å²) in [6.45, 7) is 0.696. The molecule has 1 saturated heterocycles. The van der Waals surface area contributed by atoms with Crippen molar-refractivity contribution in [3.8, 4) is 5.75 Å². The van der Waals surface area contributed by atoms with Crippen LogP contribution >= 0.6 is 0 Å². The highest BCUT2D eigenvalue weighted by Crippen LogP contribution is 2.20. The first-order valence-corrected chi connectivity index (χ1v) is 5.55. The van der Waals surface area contributed by atoms with Crippen molar-refractivity contribution in [1.82, 2.24) is 10.3 Å². The van der Waals surface area contributed by atoms with Crippen LogP contribution in [0.15, 0.2) is 18.3 Å². The third-order valence-electron chi connectivity index (χ3n) is 2.96. The summed E-state index contributed by atoms with van der Waals surface area (Å²) in [7, 11) is 3.19. The predicted octanol–water partition coefficient (Wildman–Crippen LogP) is 0.650. The second kappa shape index (κ2) is 5.25. The molecule has 1 aliphatic rings. The van der Waals surface area contributed by atoms with Crippen molar-refractivity contribution in [2.75, 3.05) is 20.8 Å². The van der Waals surface area contributed by atoms with Gasteiger partial charge in [0.15, 0.2) is 0 Å². The molecule has 5 nitrogen and oxygen atoms in total. The van der Waals surface area contributed by atoms with Crippen LogP contribution in [0.4, 0.5) is 0 Å².